The fraction of sp³-hybridized carbons (Fsp3) is 0.444. The van der Waals surface area contributed by atoms with Crippen LogP contribution in [0.1, 0.15) is 50.5 Å². The molecule has 170 valence electrons. The van der Waals surface area contributed by atoms with Crippen molar-refractivity contribution in [2.75, 3.05) is 0 Å². The van der Waals surface area contributed by atoms with Crippen LogP contribution >= 0.6 is 23.6 Å². The number of carbonyl (C=O) groups excluding carboxylic acids is 1. The number of rotatable bonds is 5. The second kappa shape index (κ2) is 8.48. The molecular formula is C27H29N3OS2. The molecule has 1 aromatic heterocycles. The molecule has 4 saturated carbocycles. The topological polar surface area (TPSA) is 54.0 Å². The number of thiocarbonyl (C=S) groups is 1. The molecule has 6 heteroatoms. The average Bonchev–Trinajstić information content (AvgIpc) is 3.21. The number of carbonyl (C=O) groups is 1. The standard InChI is InChI=1S/C27H29N3OS2/c31-24(15-27-12-18-9-19(13-27)11-20(10-18)14-27)30-26(32)28-16-17-5-7-21(8-6-17)25-29-22-3-1-2-4-23(22)33-25/h1-8,18-20H,9-16H2,(H2,28,30,31,32). The van der Waals surface area contributed by atoms with Crippen molar-refractivity contribution >= 4 is 44.8 Å². The number of nitrogens with zero attached hydrogens (tertiary/aromatic N) is 1. The molecule has 4 aliphatic rings. The van der Waals surface area contributed by atoms with E-state index in [1.165, 1.54) is 43.2 Å². The van der Waals surface area contributed by atoms with Crippen LogP contribution in [0.3, 0.4) is 0 Å². The smallest absolute Gasteiger partial charge is 0.226 e. The second-order valence-electron chi connectivity index (χ2n) is 10.5. The van der Waals surface area contributed by atoms with Crippen molar-refractivity contribution in [3.05, 3.63) is 54.1 Å². The van der Waals surface area contributed by atoms with Gasteiger partial charge in [-0.25, -0.2) is 4.98 Å². The fourth-order valence-electron chi connectivity index (χ4n) is 7.01. The molecule has 0 spiro atoms. The Morgan fingerprint density at radius 3 is 2.33 bits per heavy atom. The molecule has 4 bridgehead atoms. The first kappa shape index (κ1) is 21.2. The van der Waals surface area contributed by atoms with Gasteiger partial charge in [0.15, 0.2) is 5.11 Å². The van der Waals surface area contributed by atoms with Crippen LogP contribution in [0.25, 0.3) is 20.8 Å². The highest BCUT2D eigenvalue weighted by atomic mass is 32.1. The predicted octanol–water partition coefficient (Wildman–Crippen LogP) is 6.06. The summed E-state index contributed by atoms with van der Waals surface area (Å²) in [7, 11) is 0. The number of amides is 1. The molecule has 7 rings (SSSR count). The number of hydrogen-bond acceptors (Lipinski definition) is 4. The van der Waals surface area contributed by atoms with E-state index in [9.17, 15) is 4.79 Å². The maximum Gasteiger partial charge on any atom is 0.226 e. The van der Waals surface area contributed by atoms with E-state index in [4.69, 9.17) is 17.2 Å². The minimum absolute atomic E-state index is 0.0839. The van der Waals surface area contributed by atoms with Crippen LogP contribution in [0, 0.1) is 23.2 Å². The molecule has 2 N–H and O–H groups in total. The summed E-state index contributed by atoms with van der Waals surface area (Å²) in [6, 6.07) is 16.6. The van der Waals surface area contributed by atoms with Crippen LogP contribution < -0.4 is 10.6 Å². The SMILES string of the molecule is O=C(CC12CC3CC(CC(C3)C1)C2)NC(=S)NCc1ccc(-c2nc3ccccc3s2)cc1. The quantitative estimate of drug-likeness (QED) is 0.441. The normalized spacial score (nSPS) is 27.6. The van der Waals surface area contributed by atoms with Gasteiger partial charge in [-0.05, 0) is 91.6 Å². The number of hydrogen-bond donors (Lipinski definition) is 2. The molecule has 3 aromatic rings. The zero-order valence-electron chi connectivity index (χ0n) is 18.7. The Bertz CT molecular complexity index is 1130. The first-order valence-electron chi connectivity index (χ1n) is 12.1. The highest BCUT2D eigenvalue weighted by molar-refractivity contribution is 7.80. The van der Waals surface area contributed by atoms with Crippen LogP contribution in [0.15, 0.2) is 48.5 Å². The Morgan fingerprint density at radius 1 is 1.00 bits per heavy atom. The summed E-state index contributed by atoms with van der Waals surface area (Å²) < 4.78 is 1.20. The van der Waals surface area contributed by atoms with Gasteiger partial charge in [0, 0.05) is 18.5 Å². The first-order chi connectivity index (χ1) is 16.0. The van der Waals surface area contributed by atoms with Gasteiger partial charge in [-0.2, -0.15) is 0 Å². The molecule has 1 amide bonds. The number of aromatic nitrogens is 1. The molecule has 4 aliphatic carbocycles. The Labute approximate surface area is 204 Å². The van der Waals surface area contributed by atoms with E-state index in [1.54, 1.807) is 11.3 Å². The third-order valence-corrected chi connectivity index (χ3v) is 9.23. The molecule has 33 heavy (non-hydrogen) atoms. The minimum atomic E-state index is 0.0839. The van der Waals surface area contributed by atoms with Gasteiger partial charge in [-0.1, -0.05) is 36.4 Å². The van der Waals surface area contributed by atoms with Gasteiger partial charge in [0.05, 0.1) is 10.2 Å². The molecule has 1 heterocycles. The zero-order valence-corrected chi connectivity index (χ0v) is 20.3. The predicted molar refractivity (Wildman–Crippen MR) is 138 cm³/mol. The van der Waals surface area contributed by atoms with Gasteiger partial charge in [0.25, 0.3) is 0 Å². The third-order valence-electron chi connectivity index (χ3n) is 7.90. The molecule has 4 nitrogen and oxygen atoms in total. The van der Waals surface area contributed by atoms with E-state index in [1.807, 2.05) is 18.2 Å². The van der Waals surface area contributed by atoms with E-state index >= 15 is 0 Å². The van der Waals surface area contributed by atoms with Crippen molar-refractivity contribution in [3.8, 4) is 10.6 Å². The number of thiazole rings is 1. The van der Waals surface area contributed by atoms with Crippen molar-refractivity contribution in [1.29, 1.82) is 0 Å². The van der Waals surface area contributed by atoms with Gasteiger partial charge >= 0.3 is 0 Å². The molecule has 0 aliphatic heterocycles. The summed E-state index contributed by atoms with van der Waals surface area (Å²) in [4.78, 5) is 17.5. The fourth-order valence-corrected chi connectivity index (χ4v) is 8.16. The lowest BCUT2D eigenvalue weighted by molar-refractivity contribution is -0.128. The summed E-state index contributed by atoms with van der Waals surface area (Å²) in [6.07, 6.45) is 8.57. The molecule has 0 atom stereocenters. The van der Waals surface area contributed by atoms with Gasteiger partial charge in [-0.15, -0.1) is 11.3 Å². The van der Waals surface area contributed by atoms with Gasteiger partial charge in [0.2, 0.25) is 5.91 Å². The number of nitrogens with one attached hydrogen (secondary N) is 2. The Kier molecular flexibility index (Phi) is 5.46. The summed E-state index contributed by atoms with van der Waals surface area (Å²) in [6.45, 7) is 0.594. The zero-order chi connectivity index (χ0) is 22.4. The van der Waals surface area contributed by atoms with E-state index in [0.29, 0.717) is 18.1 Å². The number of para-hydroxylation sites is 1. The summed E-state index contributed by atoms with van der Waals surface area (Å²) in [5.74, 6) is 2.67. The van der Waals surface area contributed by atoms with E-state index in [2.05, 4.69) is 41.0 Å². The van der Waals surface area contributed by atoms with Crippen molar-refractivity contribution in [3.63, 3.8) is 0 Å². The van der Waals surface area contributed by atoms with Crippen LogP contribution in [-0.4, -0.2) is 16.0 Å². The monoisotopic (exact) mass is 475 g/mol. The highest BCUT2D eigenvalue weighted by Crippen LogP contribution is 2.61. The Morgan fingerprint density at radius 2 is 1.67 bits per heavy atom. The van der Waals surface area contributed by atoms with Crippen molar-refractivity contribution < 1.29 is 4.79 Å². The summed E-state index contributed by atoms with van der Waals surface area (Å²) in [5, 5.41) is 7.62. The lowest BCUT2D eigenvalue weighted by Gasteiger charge is -2.56. The van der Waals surface area contributed by atoms with E-state index < -0.39 is 0 Å². The van der Waals surface area contributed by atoms with E-state index in [0.717, 1.165) is 39.4 Å². The highest BCUT2D eigenvalue weighted by Gasteiger charge is 2.51. The number of benzene rings is 2. The lowest BCUT2D eigenvalue weighted by Crippen LogP contribution is -2.49. The maximum atomic E-state index is 12.8. The first-order valence-corrected chi connectivity index (χ1v) is 13.3. The van der Waals surface area contributed by atoms with Gasteiger partial charge in [-0.3, -0.25) is 4.79 Å². The van der Waals surface area contributed by atoms with Gasteiger partial charge in [0.1, 0.15) is 5.01 Å². The van der Waals surface area contributed by atoms with Crippen LogP contribution in [-0.2, 0) is 11.3 Å². The third kappa shape index (κ3) is 4.43. The molecule has 0 saturated heterocycles. The molecule has 0 unspecified atom stereocenters. The number of fused-ring (bicyclic) bond motifs is 1. The van der Waals surface area contributed by atoms with Gasteiger partial charge < -0.3 is 10.6 Å². The second-order valence-corrected chi connectivity index (χ2v) is 11.9. The molecule has 0 radical (unpaired) electrons. The largest absolute Gasteiger partial charge is 0.358 e. The Balaban J connectivity index is 1.02. The van der Waals surface area contributed by atoms with Crippen molar-refractivity contribution in [1.82, 2.24) is 15.6 Å². The minimum Gasteiger partial charge on any atom is -0.358 e. The average molecular weight is 476 g/mol. The van der Waals surface area contributed by atoms with Crippen molar-refractivity contribution in [2.24, 2.45) is 23.2 Å². The molecule has 4 fully saturated rings. The van der Waals surface area contributed by atoms with Crippen molar-refractivity contribution in [2.45, 2.75) is 51.5 Å². The van der Waals surface area contributed by atoms with E-state index in [-0.39, 0.29) is 11.3 Å². The lowest BCUT2D eigenvalue weighted by atomic mass is 9.49. The Hall–Kier alpha value is -2.31. The molecule has 2 aromatic carbocycles. The maximum absolute atomic E-state index is 12.8. The molecular weight excluding hydrogens is 446 g/mol. The van der Waals surface area contributed by atoms with Crippen LogP contribution in [0.2, 0.25) is 0 Å². The van der Waals surface area contributed by atoms with Crippen LogP contribution in [0.5, 0.6) is 0 Å². The summed E-state index contributed by atoms with van der Waals surface area (Å²) in [5.41, 5.74) is 3.52. The van der Waals surface area contributed by atoms with Crippen LogP contribution in [0.4, 0.5) is 0 Å². The summed E-state index contributed by atoms with van der Waals surface area (Å²) >= 11 is 7.14.